The second-order valence-corrected chi connectivity index (χ2v) is 7.93. The van der Waals surface area contributed by atoms with Crippen molar-refractivity contribution in [1.29, 1.82) is 0 Å². The van der Waals surface area contributed by atoms with Crippen molar-refractivity contribution in [2.24, 2.45) is 11.8 Å². The summed E-state index contributed by atoms with van der Waals surface area (Å²) in [5.74, 6) is 1.73. The van der Waals surface area contributed by atoms with E-state index in [4.69, 9.17) is 0 Å². The number of unbranched alkanes of at least 4 members (excludes halogenated alkanes) is 1. The molecular formula is C20H32S. The van der Waals surface area contributed by atoms with Crippen LogP contribution in [0.2, 0.25) is 0 Å². The van der Waals surface area contributed by atoms with Crippen molar-refractivity contribution >= 4 is 23.5 Å². The van der Waals surface area contributed by atoms with E-state index in [1.165, 1.54) is 53.8 Å². The van der Waals surface area contributed by atoms with Crippen LogP contribution in [-0.2, 0) is 0 Å². The van der Waals surface area contributed by atoms with Gasteiger partial charge in [-0.3, -0.25) is 0 Å². The lowest BCUT2D eigenvalue weighted by atomic mass is 9.95. The summed E-state index contributed by atoms with van der Waals surface area (Å²) >= 11 is 1.83. The van der Waals surface area contributed by atoms with Crippen molar-refractivity contribution in [3.63, 3.8) is 0 Å². The van der Waals surface area contributed by atoms with E-state index in [-0.39, 0.29) is 0 Å². The molecule has 0 nitrogen and oxygen atoms in total. The third kappa shape index (κ3) is 7.66. The number of aryl methyl sites for hydroxylation is 1. The highest BCUT2D eigenvalue weighted by molar-refractivity contribution is 7.13. The van der Waals surface area contributed by atoms with Gasteiger partial charge in [0.15, 0.2) is 0 Å². The van der Waals surface area contributed by atoms with Crippen LogP contribution in [0.15, 0.2) is 18.7 Å². The van der Waals surface area contributed by atoms with Gasteiger partial charge in [0, 0.05) is 9.75 Å². The molecule has 1 rings (SSSR count). The number of hydrogen-bond donors (Lipinski definition) is 0. The van der Waals surface area contributed by atoms with E-state index in [0.29, 0.717) is 0 Å². The van der Waals surface area contributed by atoms with Gasteiger partial charge in [-0.1, -0.05) is 71.3 Å². The van der Waals surface area contributed by atoms with Crippen LogP contribution in [-0.4, -0.2) is 0 Å². The standard InChI is InChI=1S/C20H32S/c1-6-20-19(15-18(5)21-20)14-9-7-8-12-17(4)13-10-11-16(2)3/h6,9,14-17H,1,7-8,10-13H2,2-5H3/b14-9-. The van der Waals surface area contributed by atoms with Gasteiger partial charge in [0.05, 0.1) is 0 Å². The Bertz CT molecular complexity index is 437. The van der Waals surface area contributed by atoms with Gasteiger partial charge in [-0.05, 0) is 43.2 Å². The molecule has 0 radical (unpaired) electrons. The van der Waals surface area contributed by atoms with Crippen LogP contribution in [0.4, 0.5) is 0 Å². The summed E-state index contributed by atoms with van der Waals surface area (Å²) in [7, 11) is 0. The SMILES string of the molecule is C=Cc1sc(C)cc1/C=C\CCCC(C)CCCC(C)C. The van der Waals surface area contributed by atoms with Crippen molar-refractivity contribution in [2.45, 2.75) is 66.2 Å². The molecule has 0 spiro atoms. The van der Waals surface area contributed by atoms with Crippen molar-refractivity contribution in [2.75, 3.05) is 0 Å². The Labute approximate surface area is 136 Å². The predicted octanol–water partition coefficient (Wildman–Crippen LogP) is 7.35. The van der Waals surface area contributed by atoms with Gasteiger partial charge in [0.25, 0.3) is 0 Å². The lowest BCUT2D eigenvalue weighted by molar-refractivity contribution is 0.428. The maximum Gasteiger partial charge on any atom is 0.0339 e. The summed E-state index contributed by atoms with van der Waals surface area (Å²) in [5, 5.41) is 0. The van der Waals surface area contributed by atoms with E-state index in [1.807, 2.05) is 17.4 Å². The van der Waals surface area contributed by atoms with Gasteiger partial charge in [-0.25, -0.2) is 0 Å². The van der Waals surface area contributed by atoms with Crippen molar-refractivity contribution in [3.05, 3.63) is 34.0 Å². The number of thiophene rings is 1. The first-order valence-corrected chi connectivity index (χ1v) is 9.24. The quantitative estimate of drug-likeness (QED) is 0.396. The van der Waals surface area contributed by atoms with Crippen LogP contribution in [0.25, 0.3) is 12.2 Å². The number of allylic oxidation sites excluding steroid dienone is 1. The molecule has 1 unspecified atom stereocenters. The molecule has 0 aliphatic heterocycles. The zero-order valence-corrected chi connectivity index (χ0v) is 15.1. The van der Waals surface area contributed by atoms with E-state index in [1.54, 1.807) is 0 Å². The summed E-state index contributed by atoms with van der Waals surface area (Å²) in [6, 6.07) is 2.26. The molecule has 0 saturated carbocycles. The minimum Gasteiger partial charge on any atom is -0.141 e. The average molecular weight is 305 g/mol. The van der Waals surface area contributed by atoms with Crippen molar-refractivity contribution in [3.8, 4) is 0 Å². The van der Waals surface area contributed by atoms with Gasteiger partial charge in [0.1, 0.15) is 0 Å². The van der Waals surface area contributed by atoms with E-state index < -0.39 is 0 Å². The maximum atomic E-state index is 3.89. The molecule has 0 fully saturated rings. The van der Waals surface area contributed by atoms with E-state index in [0.717, 1.165) is 11.8 Å². The lowest BCUT2D eigenvalue weighted by Gasteiger charge is -2.11. The van der Waals surface area contributed by atoms with Crippen LogP contribution in [0.3, 0.4) is 0 Å². The first kappa shape index (κ1) is 18.2. The van der Waals surface area contributed by atoms with E-state index in [9.17, 15) is 0 Å². The molecule has 1 heterocycles. The summed E-state index contributed by atoms with van der Waals surface area (Å²) in [4.78, 5) is 2.66. The van der Waals surface area contributed by atoms with Gasteiger partial charge in [0.2, 0.25) is 0 Å². The lowest BCUT2D eigenvalue weighted by Crippen LogP contribution is -1.96. The van der Waals surface area contributed by atoms with Gasteiger partial charge in [-0.15, -0.1) is 11.3 Å². The summed E-state index contributed by atoms with van der Waals surface area (Å²) < 4.78 is 0. The fourth-order valence-corrected chi connectivity index (χ4v) is 3.52. The number of rotatable bonds is 10. The van der Waals surface area contributed by atoms with Crippen LogP contribution in [0.5, 0.6) is 0 Å². The van der Waals surface area contributed by atoms with E-state index in [2.05, 4.69) is 52.5 Å². The molecule has 118 valence electrons. The van der Waals surface area contributed by atoms with E-state index >= 15 is 0 Å². The summed E-state index contributed by atoms with van der Waals surface area (Å²) in [5.41, 5.74) is 1.33. The normalized spacial score (nSPS) is 13.2. The minimum atomic E-state index is 0.855. The first-order valence-electron chi connectivity index (χ1n) is 8.42. The average Bonchev–Trinajstić information content (AvgIpc) is 2.78. The second kappa shape index (κ2) is 10.00. The molecule has 0 saturated heterocycles. The van der Waals surface area contributed by atoms with Crippen LogP contribution in [0, 0.1) is 18.8 Å². The Kier molecular flexibility index (Phi) is 8.68. The fourth-order valence-electron chi connectivity index (χ4n) is 2.66. The molecule has 1 aromatic heterocycles. The topological polar surface area (TPSA) is 0 Å². The highest BCUT2D eigenvalue weighted by atomic mass is 32.1. The Morgan fingerprint density at radius 1 is 1.14 bits per heavy atom. The Morgan fingerprint density at radius 3 is 2.52 bits per heavy atom. The molecule has 0 bridgehead atoms. The van der Waals surface area contributed by atoms with Gasteiger partial charge in [-0.2, -0.15) is 0 Å². The fraction of sp³-hybridized carbons (Fsp3) is 0.600. The predicted molar refractivity (Wildman–Crippen MR) is 99.9 cm³/mol. The minimum absolute atomic E-state index is 0.855. The smallest absolute Gasteiger partial charge is 0.0339 e. The molecule has 0 N–H and O–H groups in total. The maximum absolute atomic E-state index is 3.89. The number of hydrogen-bond acceptors (Lipinski definition) is 1. The zero-order valence-electron chi connectivity index (χ0n) is 14.3. The highest BCUT2D eigenvalue weighted by Crippen LogP contribution is 2.24. The largest absolute Gasteiger partial charge is 0.141 e. The Balaban J connectivity index is 2.21. The third-order valence-electron chi connectivity index (χ3n) is 3.94. The van der Waals surface area contributed by atoms with Crippen LogP contribution < -0.4 is 0 Å². The molecular weight excluding hydrogens is 272 g/mol. The highest BCUT2D eigenvalue weighted by Gasteiger charge is 2.03. The molecule has 21 heavy (non-hydrogen) atoms. The second-order valence-electron chi connectivity index (χ2n) is 6.64. The molecule has 0 aliphatic carbocycles. The summed E-state index contributed by atoms with van der Waals surface area (Å²) in [6.07, 6.45) is 14.6. The summed E-state index contributed by atoms with van der Waals surface area (Å²) in [6.45, 7) is 13.1. The van der Waals surface area contributed by atoms with Gasteiger partial charge < -0.3 is 0 Å². The van der Waals surface area contributed by atoms with Crippen LogP contribution >= 0.6 is 11.3 Å². The molecule has 0 aromatic carbocycles. The van der Waals surface area contributed by atoms with Crippen molar-refractivity contribution < 1.29 is 0 Å². The molecule has 0 aliphatic rings. The van der Waals surface area contributed by atoms with Crippen molar-refractivity contribution in [1.82, 2.24) is 0 Å². The van der Waals surface area contributed by atoms with Crippen LogP contribution in [0.1, 0.15) is 74.6 Å². The monoisotopic (exact) mass is 304 g/mol. The zero-order chi connectivity index (χ0) is 15.7. The molecule has 1 aromatic rings. The first-order chi connectivity index (χ1) is 10.0. The molecule has 1 atom stereocenters. The third-order valence-corrected chi connectivity index (χ3v) is 5.01. The van der Waals surface area contributed by atoms with Gasteiger partial charge >= 0.3 is 0 Å². The molecule has 1 heteroatoms. The molecule has 0 amide bonds. The Hall–Kier alpha value is -0.820. The Morgan fingerprint density at radius 2 is 1.86 bits per heavy atom.